The zero-order valence-corrected chi connectivity index (χ0v) is 14.0. The molecule has 4 rings (SSSR count). The van der Waals surface area contributed by atoms with Crippen LogP contribution < -0.4 is 10.2 Å². The molecule has 2 aromatic carbocycles. The van der Waals surface area contributed by atoms with E-state index in [0.29, 0.717) is 12.4 Å². The van der Waals surface area contributed by atoms with Gasteiger partial charge in [-0.1, -0.05) is 36.4 Å². The van der Waals surface area contributed by atoms with Gasteiger partial charge in [0.05, 0.1) is 4.92 Å². The second-order valence-electron chi connectivity index (χ2n) is 6.03. The quantitative estimate of drug-likeness (QED) is 0.562. The first-order valence-corrected chi connectivity index (χ1v) is 8.41. The number of nitrogens with zero attached hydrogens (tertiary/aromatic N) is 4. The minimum absolute atomic E-state index is 0.118. The first kappa shape index (κ1) is 16.0. The summed E-state index contributed by atoms with van der Waals surface area (Å²) < 4.78 is 0. The van der Waals surface area contributed by atoms with Crippen LogP contribution in [-0.4, -0.2) is 21.4 Å². The number of aryl methyl sites for hydroxylation is 1. The van der Waals surface area contributed by atoms with Gasteiger partial charge in [0.25, 0.3) is 0 Å². The summed E-state index contributed by atoms with van der Waals surface area (Å²) in [4.78, 5) is 21.7. The van der Waals surface area contributed by atoms with Crippen LogP contribution in [0.25, 0.3) is 0 Å². The van der Waals surface area contributed by atoms with E-state index in [4.69, 9.17) is 0 Å². The molecule has 1 N–H and O–H groups in total. The van der Waals surface area contributed by atoms with Gasteiger partial charge in [-0.05, 0) is 36.6 Å². The van der Waals surface area contributed by atoms with Crippen LogP contribution in [0.15, 0.2) is 60.9 Å². The summed E-state index contributed by atoms with van der Waals surface area (Å²) in [5.41, 5.74) is 2.75. The van der Waals surface area contributed by atoms with Gasteiger partial charge in [-0.3, -0.25) is 10.1 Å². The van der Waals surface area contributed by atoms with Crippen molar-refractivity contribution in [1.29, 1.82) is 0 Å². The van der Waals surface area contributed by atoms with Crippen LogP contribution in [0.3, 0.4) is 0 Å². The average Bonchev–Trinajstić information content (AvgIpc) is 2.68. The minimum atomic E-state index is -0.419. The molecule has 7 nitrogen and oxygen atoms in total. The van der Waals surface area contributed by atoms with Crippen LogP contribution in [0.2, 0.25) is 0 Å². The van der Waals surface area contributed by atoms with E-state index in [1.54, 1.807) is 0 Å². The number of nitrogens with one attached hydrogen (secondary N) is 1. The van der Waals surface area contributed by atoms with Crippen molar-refractivity contribution in [2.75, 3.05) is 16.8 Å². The number of hydrogen-bond donors (Lipinski definition) is 1. The first-order valence-electron chi connectivity index (χ1n) is 8.41. The average molecular weight is 347 g/mol. The van der Waals surface area contributed by atoms with E-state index in [1.807, 2.05) is 53.4 Å². The van der Waals surface area contributed by atoms with Crippen LogP contribution in [0.5, 0.6) is 0 Å². The Morgan fingerprint density at radius 3 is 2.62 bits per heavy atom. The molecule has 0 radical (unpaired) electrons. The molecule has 0 amide bonds. The Hall–Kier alpha value is -3.48. The van der Waals surface area contributed by atoms with E-state index in [-0.39, 0.29) is 11.5 Å². The van der Waals surface area contributed by atoms with E-state index < -0.39 is 4.92 Å². The summed E-state index contributed by atoms with van der Waals surface area (Å²) in [5.74, 6) is 0.504. The Balaban J connectivity index is 1.80. The van der Waals surface area contributed by atoms with Gasteiger partial charge < -0.3 is 10.2 Å². The predicted octanol–water partition coefficient (Wildman–Crippen LogP) is 4.21. The summed E-state index contributed by atoms with van der Waals surface area (Å²) in [7, 11) is 0. The van der Waals surface area contributed by atoms with Crippen molar-refractivity contribution < 1.29 is 4.92 Å². The summed E-state index contributed by atoms with van der Waals surface area (Å²) in [6, 6.07) is 17.2. The topological polar surface area (TPSA) is 84.2 Å². The highest BCUT2D eigenvalue weighted by atomic mass is 16.6. The molecule has 0 atom stereocenters. The van der Waals surface area contributed by atoms with E-state index in [9.17, 15) is 10.1 Å². The molecule has 1 aliphatic rings. The first-order chi connectivity index (χ1) is 12.7. The van der Waals surface area contributed by atoms with Gasteiger partial charge in [0, 0.05) is 17.9 Å². The maximum absolute atomic E-state index is 11.8. The molecule has 130 valence electrons. The molecular formula is C19H17N5O2. The number of hydrogen-bond acceptors (Lipinski definition) is 6. The van der Waals surface area contributed by atoms with Crippen LogP contribution in [0, 0.1) is 10.1 Å². The Labute approximate surface area is 150 Å². The molecule has 0 fully saturated rings. The van der Waals surface area contributed by atoms with Crippen LogP contribution >= 0.6 is 0 Å². The van der Waals surface area contributed by atoms with Crippen molar-refractivity contribution in [3.8, 4) is 0 Å². The number of fused-ring (bicyclic) bond motifs is 1. The fourth-order valence-electron chi connectivity index (χ4n) is 3.24. The standard InChI is InChI=1S/C19H17N5O2/c25-24(26)17-18(22-15-9-2-1-3-10-15)20-13-21-19(17)23-12-6-8-14-7-4-5-11-16(14)23/h1-5,7,9-11,13H,6,8,12H2,(H,20,21,22). The summed E-state index contributed by atoms with van der Waals surface area (Å²) in [6.07, 6.45) is 3.24. The van der Waals surface area contributed by atoms with E-state index in [0.717, 1.165) is 24.2 Å². The Bertz CT molecular complexity index is 946. The number of benzene rings is 2. The molecular weight excluding hydrogens is 330 g/mol. The molecule has 0 spiro atoms. The Morgan fingerprint density at radius 2 is 1.81 bits per heavy atom. The van der Waals surface area contributed by atoms with Crippen LogP contribution in [-0.2, 0) is 6.42 Å². The second-order valence-corrected chi connectivity index (χ2v) is 6.03. The molecule has 0 aliphatic carbocycles. The van der Waals surface area contributed by atoms with Gasteiger partial charge >= 0.3 is 5.69 Å². The SMILES string of the molecule is O=[N+]([O-])c1c(Nc2ccccc2)ncnc1N1CCCc2ccccc21. The number of aromatic nitrogens is 2. The van der Waals surface area contributed by atoms with Gasteiger partial charge in [0.2, 0.25) is 11.6 Å². The van der Waals surface area contributed by atoms with E-state index >= 15 is 0 Å². The normalized spacial score (nSPS) is 13.2. The lowest BCUT2D eigenvalue weighted by molar-refractivity contribution is -0.383. The van der Waals surface area contributed by atoms with Crippen molar-refractivity contribution in [3.63, 3.8) is 0 Å². The highest BCUT2D eigenvalue weighted by molar-refractivity contribution is 5.79. The smallest absolute Gasteiger partial charge is 0.334 e. The lowest BCUT2D eigenvalue weighted by atomic mass is 10.0. The predicted molar refractivity (Wildman–Crippen MR) is 100 cm³/mol. The van der Waals surface area contributed by atoms with Crippen molar-refractivity contribution in [3.05, 3.63) is 76.6 Å². The molecule has 0 bridgehead atoms. The molecule has 1 aromatic heterocycles. The lowest BCUT2D eigenvalue weighted by Gasteiger charge is -2.30. The molecule has 1 aliphatic heterocycles. The molecule has 7 heteroatoms. The maximum atomic E-state index is 11.8. The molecule has 0 saturated heterocycles. The summed E-state index contributed by atoms with van der Waals surface area (Å²) >= 11 is 0. The van der Waals surface area contributed by atoms with E-state index in [1.165, 1.54) is 11.9 Å². The third-order valence-electron chi connectivity index (χ3n) is 4.39. The summed E-state index contributed by atoms with van der Waals surface area (Å²) in [6.45, 7) is 0.680. The van der Waals surface area contributed by atoms with E-state index in [2.05, 4.69) is 21.4 Å². The Kier molecular flexibility index (Phi) is 4.18. The third-order valence-corrected chi connectivity index (χ3v) is 4.39. The third kappa shape index (κ3) is 2.95. The van der Waals surface area contributed by atoms with Gasteiger partial charge in [-0.15, -0.1) is 0 Å². The molecule has 0 saturated carbocycles. The largest absolute Gasteiger partial charge is 0.354 e. The molecule has 26 heavy (non-hydrogen) atoms. The fourth-order valence-corrected chi connectivity index (χ4v) is 3.24. The number of para-hydroxylation sites is 2. The van der Waals surface area contributed by atoms with Gasteiger partial charge in [-0.2, -0.15) is 0 Å². The monoisotopic (exact) mass is 347 g/mol. The van der Waals surface area contributed by atoms with Crippen molar-refractivity contribution in [2.24, 2.45) is 0 Å². The highest BCUT2D eigenvalue weighted by Gasteiger charge is 2.30. The molecule has 0 unspecified atom stereocenters. The number of nitro groups is 1. The van der Waals surface area contributed by atoms with Gasteiger partial charge in [0.15, 0.2) is 0 Å². The molecule has 3 aromatic rings. The van der Waals surface area contributed by atoms with Gasteiger partial charge in [0.1, 0.15) is 6.33 Å². The highest BCUT2D eigenvalue weighted by Crippen LogP contribution is 2.39. The zero-order chi connectivity index (χ0) is 17.9. The van der Waals surface area contributed by atoms with Crippen molar-refractivity contribution >= 4 is 28.7 Å². The maximum Gasteiger partial charge on any atom is 0.354 e. The fraction of sp³-hybridized carbons (Fsp3) is 0.158. The molecule has 2 heterocycles. The van der Waals surface area contributed by atoms with Crippen molar-refractivity contribution in [1.82, 2.24) is 9.97 Å². The van der Waals surface area contributed by atoms with Crippen molar-refractivity contribution in [2.45, 2.75) is 12.8 Å². The van der Waals surface area contributed by atoms with Crippen LogP contribution in [0.4, 0.5) is 28.7 Å². The second kappa shape index (κ2) is 6.79. The minimum Gasteiger partial charge on any atom is -0.334 e. The number of anilines is 4. The Morgan fingerprint density at radius 1 is 1.04 bits per heavy atom. The van der Waals surface area contributed by atoms with Gasteiger partial charge in [-0.25, -0.2) is 9.97 Å². The number of rotatable bonds is 4. The van der Waals surface area contributed by atoms with Crippen LogP contribution in [0.1, 0.15) is 12.0 Å². The lowest BCUT2D eigenvalue weighted by Crippen LogP contribution is -2.26. The zero-order valence-electron chi connectivity index (χ0n) is 14.0. The summed E-state index contributed by atoms with van der Waals surface area (Å²) in [5, 5.41) is 14.9.